The third-order valence-corrected chi connectivity index (χ3v) is 5.56. The van der Waals surface area contributed by atoms with Gasteiger partial charge >= 0.3 is 5.97 Å². The predicted octanol–water partition coefficient (Wildman–Crippen LogP) is 4.79. The maximum Gasteiger partial charge on any atom is 0.341 e. The number of hydrogen-bond acceptors (Lipinski definition) is 6. The number of anilines is 2. The van der Waals surface area contributed by atoms with Gasteiger partial charge in [0, 0.05) is 28.7 Å². The van der Waals surface area contributed by atoms with Crippen LogP contribution in [0.25, 0.3) is 0 Å². The highest BCUT2D eigenvalue weighted by Crippen LogP contribution is 2.34. The van der Waals surface area contributed by atoms with Crippen molar-refractivity contribution in [3.8, 4) is 0 Å². The lowest BCUT2D eigenvalue weighted by atomic mass is 10.1. The largest absolute Gasteiger partial charge is 0.462 e. The second-order valence-electron chi connectivity index (χ2n) is 6.13. The van der Waals surface area contributed by atoms with Crippen LogP contribution in [0.4, 0.5) is 10.7 Å². The number of carbonyl (C=O) groups excluding carboxylic acids is 3. The van der Waals surface area contributed by atoms with Gasteiger partial charge < -0.3 is 15.4 Å². The van der Waals surface area contributed by atoms with Crippen LogP contribution in [0.3, 0.4) is 0 Å². The van der Waals surface area contributed by atoms with Crippen molar-refractivity contribution in [2.45, 2.75) is 13.8 Å². The van der Waals surface area contributed by atoms with Crippen molar-refractivity contribution in [1.82, 2.24) is 4.98 Å². The number of aromatic nitrogens is 1. The minimum atomic E-state index is -0.609. The van der Waals surface area contributed by atoms with E-state index >= 15 is 0 Å². The van der Waals surface area contributed by atoms with Crippen LogP contribution in [0.15, 0.2) is 48.8 Å². The Hall–Kier alpha value is -3.23. The van der Waals surface area contributed by atoms with E-state index in [9.17, 15) is 14.4 Å². The summed E-state index contributed by atoms with van der Waals surface area (Å²) in [5, 5.41) is 6.26. The summed E-state index contributed by atoms with van der Waals surface area (Å²) in [5.41, 5.74) is 1.51. The van der Waals surface area contributed by atoms with E-state index < -0.39 is 17.8 Å². The van der Waals surface area contributed by atoms with Gasteiger partial charge in [-0.3, -0.25) is 14.6 Å². The number of esters is 1. The van der Waals surface area contributed by atoms with Crippen LogP contribution in [-0.2, 0) is 4.74 Å². The van der Waals surface area contributed by atoms with Crippen LogP contribution in [0.2, 0.25) is 5.02 Å². The number of nitrogens with one attached hydrogen (secondary N) is 2. The van der Waals surface area contributed by atoms with Gasteiger partial charge in [-0.15, -0.1) is 11.3 Å². The smallest absolute Gasteiger partial charge is 0.341 e. The van der Waals surface area contributed by atoms with Gasteiger partial charge in [0.05, 0.1) is 17.0 Å². The predicted molar refractivity (Wildman–Crippen MR) is 117 cm³/mol. The number of nitrogens with zero attached hydrogens (tertiary/aromatic N) is 1. The normalized spacial score (nSPS) is 10.4. The zero-order valence-electron chi connectivity index (χ0n) is 16.2. The van der Waals surface area contributed by atoms with Gasteiger partial charge in [0.1, 0.15) is 5.00 Å². The van der Waals surface area contributed by atoms with Crippen molar-refractivity contribution in [2.24, 2.45) is 0 Å². The number of benzene rings is 1. The SMILES string of the molecule is CCOC(=O)c1c(NC(=O)c2ccncc2)sc(C(=O)Nc2ccc(Cl)cc2)c1C. The molecule has 2 N–H and O–H groups in total. The van der Waals surface area contributed by atoms with E-state index in [0.29, 0.717) is 21.8 Å². The summed E-state index contributed by atoms with van der Waals surface area (Å²) in [6, 6.07) is 9.75. The minimum absolute atomic E-state index is 0.158. The summed E-state index contributed by atoms with van der Waals surface area (Å²) in [7, 11) is 0. The summed E-state index contributed by atoms with van der Waals surface area (Å²) < 4.78 is 5.12. The van der Waals surface area contributed by atoms with Gasteiger partial charge in [-0.05, 0) is 55.8 Å². The molecule has 7 nitrogen and oxygen atoms in total. The Bertz CT molecular complexity index is 1080. The Morgan fingerprint density at radius 2 is 1.70 bits per heavy atom. The lowest BCUT2D eigenvalue weighted by molar-refractivity contribution is 0.0527. The highest BCUT2D eigenvalue weighted by molar-refractivity contribution is 7.19. The van der Waals surface area contributed by atoms with Gasteiger partial charge in [0.25, 0.3) is 11.8 Å². The van der Waals surface area contributed by atoms with Crippen LogP contribution in [0, 0.1) is 6.92 Å². The van der Waals surface area contributed by atoms with Gasteiger partial charge in [-0.1, -0.05) is 11.6 Å². The quantitative estimate of drug-likeness (QED) is 0.534. The Morgan fingerprint density at radius 3 is 2.33 bits per heavy atom. The standard InChI is InChI=1S/C21H18ClN3O4S/c1-3-29-21(28)16-12(2)17(19(27)24-15-6-4-14(22)5-7-15)30-20(16)25-18(26)13-8-10-23-11-9-13/h4-11H,3H2,1-2H3,(H,24,27)(H,25,26). The van der Waals surface area contributed by atoms with E-state index in [-0.39, 0.29) is 22.0 Å². The van der Waals surface area contributed by atoms with Crippen molar-refractivity contribution in [2.75, 3.05) is 17.2 Å². The minimum Gasteiger partial charge on any atom is -0.462 e. The molecule has 0 atom stereocenters. The number of rotatable bonds is 6. The molecule has 0 saturated heterocycles. The molecule has 0 unspecified atom stereocenters. The molecule has 0 spiro atoms. The van der Waals surface area contributed by atoms with Gasteiger partial charge in [-0.25, -0.2) is 4.79 Å². The molecule has 154 valence electrons. The second-order valence-corrected chi connectivity index (χ2v) is 7.59. The third-order valence-electron chi connectivity index (χ3n) is 4.10. The highest BCUT2D eigenvalue weighted by atomic mass is 35.5. The Kier molecular flexibility index (Phi) is 6.81. The average Bonchev–Trinajstić information content (AvgIpc) is 3.06. The Morgan fingerprint density at radius 1 is 1.03 bits per heavy atom. The summed E-state index contributed by atoms with van der Waals surface area (Å²) in [6.45, 7) is 3.49. The first-order valence-corrected chi connectivity index (χ1v) is 10.2. The molecule has 3 rings (SSSR count). The number of hydrogen-bond donors (Lipinski definition) is 2. The molecular formula is C21H18ClN3O4S. The number of amides is 2. The van der Waals surface area contributed by atoms with Crippen molar-refractivity contribution in [3.63, 3.8) is 0 Å². The molecule has 30 heavy (non-hydrogen) atoms. The van der Waals surface area contributed by atoms with Crippen LogP contribution < -0.4 is 10.6 Å². The third kappa shape index (κ3) is 4.84. The van der Waals surface area contributed by atoms with Crippen molar-refractivity contribution in [1.29, 1.82) is 0 Å². The van der Waals surface area contributed by atoms with Gasteiger partial charge in [0.15, 0.2) is 0 Å². The molecule has 0 fully saturated rings. The lowest BCUT2D eigenvalue weighted by Gasteiger charge is -2.07. The zero-order valence-corrected chi connectivity index (χ0v) is 17.8. The zero-order chi connectivity index (χ0) is 21.7. The summed E-state index contributed by atoms with van der Waals surface area (Å²) in [4.78, 5) is 42.1. The molecule has 2 amide bonds. The van der Waals surface area contributed by atoms with Crippen LogP contribution in [-0.4, -0.2) is 29.4 Å². The molecule has 0 aliphatic rings. The average molecular weight is 444 g/mol. The number of thiophene rings is 1. The summed E-state index contributed by atoms with van der Waals surface area (Å²) >= 11 is 6.88. The van der Waals surface area contributed by atoms with Crippen molar-refractivity contribution < 1.29 is 19.1 Å². The first-order valence-electron chi connectivity index (χ1n) is 8.99. The lowest BCUT2D eigenvalue weighted by Crippen LogP contribution is -2.15. The molecule has 0 aliphatic heterocycles. The maximum atomic E-state index is 12.8. The van der Waals surface area contributed by atoms with Crippen molar-refractivity contribution >= 4 is 51.4 Å². The maximum absolute atomic E-state index is 12.8. The Labute approximate surface area is 182 Å². The van der Waals surface area contributed by atoms with E-state index in [4.69, 9.17) is 16.3 Å². The van der Waals surface area contributed by atoms with Crippen LogP contribution in [0.5, 0.6) is 0 Å². The molecule has 0 saturated carbocycles. The second kappa shape index (κ2) is 9.51. The molecule has 1 aromatic carbocycles. The number of carbonyl (C=O) groups is 3. The fourth-order valence-electron chi connectivity index (χ4n) is 2.67. The molecule has 2 aromatic heterocycles. The molecule has 0 bridgehead atoms. The molecule has 3 aromatic rings. The van der Waals surface area contributed by atoms with E-state index in [1.165, 1.54) is 12.4 Å². The van der Waals surface area contributed by atoms with Crippen LogP contribution in [0.1, 0.15) is 42.9 Å². The van der Waals surface area contributed by atoms with Gasteiger partial charge in [-0.2, -0.15) is 0 Å². The summed E-state index contributed by atoms with van der Waals surface area (Å²) in [5.74, 6) is -1.44. The summed E-state index contributed by atoms with van der Waals surface area (Å²) in [6.07, 6.45) is 2.98. The number of ether oxygens (including phenoxy) is 1. The number of halogens is 1. The Balaban J connectivity index is 1.93. The van der Waals surface area contributed by atoms with E-state index in [2.05, 4.69) is 15.6 Å². The van der Waals surface area contributed by atoms with E-state index in [1.54, 1.807) is 50.2 Å². The fraction of sp³-hybridized carbons (Fsp3) is 0.143. The highest BCUT2D eigenvalue weighted by Gasteiger charge is 2.27. The first-order chi connectivity index (χ1) is 14.4. The van der Waals surface area contributed by atoms with E-state index in [1.807, 2.05) is 0 Å². The van der Waals surface area contributed by atoms with Crippen LogP contribution >= 0.6 is 22.9 Å². The molecular weight excluding hydrogens is 426 g/mol. The molecule has 9 heteroatoms. The number of pyridine rings is 1. The van der Waals surface area contributed by atoms with Crippen molar-refractivity contribution in [3.05, 3.63) is 75.4 Å². The molecule has 2 heterocycles. The van der Waals surface area contributed by atoms with E-state index in [0.717, 1.165) is 11.3 Å². The fourth-order valence-corrected chi connectivity index (χ4v) is 3.88. The first kappa shape index (κ1) is 21.5. The molecule has 0 aliphatic carbocycles. The monoisotopic (exact) mass is 443 g/mol. The molecule has 0 radical (unpaired) electrons. The van der Waals surface area contributed by atoms with Gasteiger partial charge in [0.2, 0.25) is 0 Å². The topological polar surface area (TPSA) is 97.4 Å².